The second-order valence-electron chi connectivity index (χ2n) is 3.79. The highest BCUT2D eigenvalue weighted by molar-refractivity contribution is 5.84. The molecule has 0 aliphatic rings. The monoisotopic (exact) mass is 288 g/mol. The predicted molar refractivity (Wildman–Crippen MR) is 52.2 cm³/mol. The first-order valence-corrected chi connectivity index (χ1v) is 5.23. The summed E-state index contributed by atoms with van der Waals surface area (Å²) < 4.78 is 75.2. The lowest BCUT2D eigenvalue weighted by Gasteiger charge is -2.21. The summed E-state index contributed by atoms with van der Waals surface area (Å²) >= 11 is 0. The molecule has 0 aliphatic carbocycles. The molecule has 0 bridgehead atoms. The zero-order chi connectivity index (χ0) is 14.8. The van der Waals surface area contributed by atoms with Crippen molar-refractivity contribution in [2.75, 3.05) is 0 Å². The highest BCUT2D eigenvalue weighted by Crippen LogP contribution is 2.40. The van der Waals surface area contributed by atoms with E-state index in [0.29, 0.717) is 6.54 Å². The summed E-state index contributed by atoms with van der Waals surface area (Å²) in [5, 5.41) is 0. The fraction of sp³-hybridized carbons (Fsp3) is 0.600. The average molecular weight is 288 g/mol. The highest BCUT2D eigenvalue weighted by atomic mass is 19.4. The van der Waals surface area contributed by atoms with Crippen molar-refractivity contribution in [3.8, 4) is 0 Å². The van der Waals surface area contributed by atoms with E-state index in [1.807, 2.05) is 0 Å². The average Bonchev–Trinajstić information content (AvgIpc) is 2.59. The Labute approximate surface area is 104 Å². The van der Waals surface area contributed by atoms with Gasteiger partial charge < -0.3 is 4.57 Å². The minimum atomic E-state index is -5.65. The van der Waals surface area contributed by atoms with Crippen molar-refractivity contribution in [2.45, 2.75) is 32.2 Å². The maximum atomic E-state index is 12.3. The van der Waals surface area contributed by atoms with Crippen LogP contribution in [0.15, 0.2) is 12.4 Å². The number of nitrogens with zero attached hydrogens (tertiary/aromatic N) is 2. The van der Waals surface area contributed by atoms with Gasteiger partial charge in [0.25, 0.3) is 0 Å². The first-order chi connectivity index (χ1) is 8.57. The van der Waals surface area contributed by atoms with E-state index < -0.39 is 30.5 Å². The van der Waals surface area contributed by atoms with Gasteiger partial charge in [-0.3, -0.25) is 4.79 Å². The molecular weight excluding hydrogens is 278 g/mol. The van der Waals surface area contributed by atoms with Gasteiger partial charge in [0.2, 0.25) is 5.92 Å². The molecule has 3 nitrogen and oxygen atoms in total. The topological polar surface area (TPSA) is 34.9 Å². The molecule has 1 rings (SSSR count). The SMILES string of the molecule is CCn1ccnc1CC(=O)C(C(F)(F)F)C(F)(F)F. The molecule has 9 heteroatoms. The first-order valence-electron chi connectivity index (χ1n) is 5.23. The summed E-state index contributed by atoms with van der Waals surface area (Å²) in [6.45, 7) is 1.92. The van der Waals surface area contributed by atoms with Gasteiger partial charge in [0.1, 0.15) is 5.82 Å². The number of hydrogen-bond acceptors (Lipinski definition) is 2. The lowest BCUT2D eigenvalue weighted by Crippen LogP contribution is -2.43. The number of carbonyl (C=O) groups is 1. The molecule has 0 spiro atoms. The van der Waals surface area contributed by atoms with Gasteiger partial charge in [-0.05, 0) is 6.92 Å². The summed E-state index contributed by atoms with van der Waals surface area (Å²) in [4.78, 5) is 14.9. The summed E-state index contributed by atoms with van der Waals surface area (Å²) in [6, 6.07) is 0. The molecule has 0 atom stereocenters. The number of Topliss-reactive ketones (excluding diaryl/α,β-unsaturated/α-hetero) is 1. The standard InChI is InChI=1S/C10H10F6N2O/c1-2-18-4-3-17-7(18)5-6(19)8(9(11,12)13)10(14,15)16/h3-4,8H,2,5H2,1H3. The van der Waals surface area contributed by atoms with Gasteiger partial charge >= 0.3 is 12.4 Å². The van der Waals surface area contributed by atoms with Crippen LogP contribution in [0.4, 0.5) is 26.3 Å². The minimum Gasteiger partial charge on any atom is -0.335 e. The summed E-state index contributed by atoms with van der Waals surface area (Å²) in [5.41, 5.74) is 0. The van der Waals surface area contributed by atoms with Crippen LogP contribution in [-0.2, 0) is 17.8 Å². The van der Waals surface area contributed by atoms with Crippen molar-refractivity contribution in [1.29, 1.82) is 0 Å². The third kappa shape index (κ3) is 3.71. The number of aryl methyl sites for hydroxylation is 1. The first kappa shape index (κ1) is 15.5. The van der Waals surface area contributed by atoms with Crippen molar-refractivity contribution in [3.63, 3.8) is 0 Å². The second-order valence-corrected chi connectivity index (χ2v) is 3.79. The van der Waals surface area contributed by atoms with Crippen molar-refractivity contribution in [1.82, 2.24) is 9.55 Å². The van der Waals surface area contributed by atoms with E-state index in [1.54, 1.807) is 6.92 Å². The Kier molecular flexibility index (Phi) is 4.26. The number of imidazole rings is 1. The normalized spacial score (nSPS) is 13.1. The number of carbonyl (C=O) groups excluding carboxylic acids is 1. The van der Waals surface area contributed by atoms with Crippen LogP contribution < -0.4 is 0 Å². The second kappa shape index (κ2) is 5.22. The number of hydrogen-bond donors (Lipinski definition) is 0. The van der Waals surface area contributed by atoms with Crippen LogP contribution in [0, 0.1) is 5.92 Å². The summed E-state index contributed by atoms with van der Waals surface area (Å²) in [7, 11) is 0. The fourth-order valence-corrected chi connectivity index (χ4v) is 1.60. The molecule has 19 heavy (non-hydrogen) atoms. The molecule has 0 aliphatic heterocycles. The fourth-order valence-electron chi connectivity index (χ4n) is 1.60. The van der Waals surface area contributed by atoms with Gasteiger partial charge in [0.05, 0.1) is 6.42 Å². The molecule has 1 heterocycles. The largest absolute Gasteiger partial charge is 0.407 e. The molecule has 0 radical (unpaired) electrons. The van der Waals surface area contributed by atoms with Crippen LogP contribution in [0.2, 0.25) is 0 Å². The molecule has 0 aromatic carbocycles. The molecule has 0 saturated carbocycles. The van der Waals surface area contributed by atoms with E-state index in [-0.39, 0.29) is 5.82 Å². The molecule has 0 unspecified atom stereocenters. The van der Waals surface area contributed by atoms with Crippen molar-refractivity contribution >= 4 is 5.78 Å². The van der Waals surface area contributed by atoms with Crippen molar-refractivity contribution in [2.24, 2.45) is 5.92 Å². The van der Waals surface area contributed by atoms with E-state index >= 15 is 0 Å². The number of alkyl halides is 6. The van der Waals surface area contributed by atoms with Crippen LogP contribution in [0.3, 0.4) is 0 Å². The van der Waals surface area contributed by atoms with Gasteiger partial charge in [-0.2, -0.15) is 26.3 Å². The van der Waals surface area contributed by atoms with Gasteiger partial charge in [0.15, 0.2) is 5.78 Å². The van der Waals surface area contributed by atoms with Gasteiger partial charge in [-0.1, -0.05) is 0 Å². The Bertz CT molecular complexity index is 434. The highest BCUT2D eigenvalue weighted by Gasteiger charge is 2.60. The van der Waals surface area contributed by atoms with E-state index in [2.05, 4.69) is 4.98 Å². The Morgan fingerprint density at radius 1 is 1.26 bits per heavy atom. The number of aromatic nitrogens is 2. The lowest BCUT2D eigenvalue weighted by atomic mass is 10.00. The number of ketones is 1. The molecule has 1 aromatic heterocycles. The molecule has 0 amide bonds. The maximum absolute atomic E-state index is 12.3. The van der Waals surface area contributed by atoms with E-state index in [1.165, 1.54) is 17.0 Å². The van der Waals surface area contributed by atoms with Gasteiger partial charge in [-0.25, -0.2) is 4.98 Å². The van der Waals surface area contributed by atoms with Gasteiger partial charge in [0, 0.05) is 18.9 Å². The van der Waals surface area contributed by atoms with Crippen LogP contribution in [0.1, 0.15) is 12.7 Å². The Morgan fingerprint density at radius 3 is 2.21 bits per heavy atom. The summed E-state index contributed by atoms with van der Waals surface area (Å²) in [5.74, 6) is -6.05. The zero-order valence-corrected chi connectivity index (χ0v) is 9.72. The third-order valence-corrected chi connectivity index (χ3v) is 2.45. The predicted octanol–water partition coefficient (Wildman–Crippen LogP) is 2.76. The van der Waals surface area contributed by atoms with E-state index in [9.17, 15) is 31.1 Å². The third-order valence-electron chi connectivity index (χ3n) is 2.45. The molecule has 0 fully saturated rings. The number of halogens is 6. The smallest absolute Gasteiger partial charge is 0.335 e. The quantitative estimate of drug-likeness (QED) is 0.798. The maximum Gasteiger partial charge on any atom is 0.407 e. The molecule has 0 saturated heterocycles. The van der Waals surface area contributed by atoms with Crippen LogP contribution >= 0.6 is 0 Å². The van der Waals surface area contributed by atoms with E-state index in [4.69, 9.17) is 0 Å². The minimum absolute atomic E-state index is 0.119. The molecule has 1 aromatic rings. The van der Waals surface area contributed by atoms with E-state index in [0.717, 1.165) is 0 Å². The molecular formula is C10H10F6N2O. The Balaban J connectivity index is 2.97. The Morgan fingerprint density at radius 2 is 1.79 bits per heavy atom. The lowest BCUT2D eigenvalue weighted by molar-refractivity contribution is -0.273. The van der Waals surface area contributed by atoms with Crippen molar-refractivity contribution in [3.05, 3.63) is 18.2 Å². The Hall–Kier alpha value is -1.54. The van der Waals surface area contributed by atoms with Crippen LogP contribution in [-0.4, -0.2) is 27.7 Å². The molecule has 0 N–H and O–H groups in total. The van der Waals surface area contributed by atoms with Crippen molar-refractivity contribution < 1.29 is 31.1 Å². The zero-order valence-electron chi connectivity index (χ0n) is 9.72. The van der Waals surface area contributed by atoms with Gasteiger partial charge in [-0.15, -0.1) is 0 Å². The number of rotatable bonds is 4. The van der Waals surface area contributed by atoms with Crippen LogP contribution in [0.25, 0.3) is 0 Å². The van der Waals surface area contributed by atoms with Crippen LogP contribution in [0.5, 0.6) is 0 Å². The summed E-state index contributed by atoms with van der Waals surface area (Å²) in [6.07, 6.45) is -9.73. The molecule has 108 valence electrons.